The zero-order valence-electron chi connectivity index (χ0n) is 10.0. The van der Waals surface area contributed by atoms with Gasteiger partial charge in [0.2, 0.25) is 10.0 Å². The van der Waals surface area contributed by atoms with Crippen LogP contribution in [0.4, 0.5) is 0 Å². The third-order valence-electron chi connectivity index (χ3n) is 3.01. The number of rotatable bonds is 4. The fraction of sp³-hybridized carbons (Fsp3) is 0.417. The van der Waals surface area contributed by atoms with Gasteiger partial charge in [0.25, 0.3) is 0 Å². The summed E-state index contributed by atoms with van der Waals surface area (Å²) < 4.78 is 25.7. The molecule has 0 aliphatic carbocycles. The van der Waals surface area contributed by atoms with E-state index in [2.05, 4.69) is 0 Å². The second kappa shape index (κ2) is 4.70. The van der Waals surface area contributed by atoms with Crippen molar-refractivity contribution in [2.45, 2.75) is 18.2 Å². The third kappa shape index (κ3) is 2.54. The number of carbonyl (C=O) groups is 1. The molecule has 0 bridgehead atoms. The minimum absolute atomic E-state index is 0.0276. The topological polar surface area (TPSA) is 74.7 Å². The largest absolute Gasteiger partial charge is 0.481 e. The normalized spacial score (nSPS) is 17.4. The first-order chi connectivity index (χ1) is 8.39. The smallest absolute Gasteiger partial charge is 0.303 e. The fourth-order valence-corrected chi connectivity index (χ4v) is 3.72. The van der Waals surface area contributed by atoms with Gasteiger partial charge in [-0.2, -0.15) is 4.31 Å². The van der Waals surface area contributed by atoms with Gasteiger partial charge in [-0.05, 0) is 30.5 Å². The van der Waals surface area contributed by atoms with Crippen molar-refractivity contribution >= 4 is 16.0 Å². The maximum atomic E-state index is 12.2. The van der Waals surface area contributed by atoms with E-state index >= 15 is 0 Å². The van der Waals surface area contributed by atoms with Crippen molar-refractivity contribution in [3.05, 3.63) is 29.8 Å². The number of sulfonamides is 1. The van der Waals surface area contributed by atoms with Crippen LogP contribution in [0.25, 0.3) is 0 Å². The molecule has 0 radical (unpaired) electrons. The lowest BCUT2D eigenvalue weighted by Gasteiger charge is -2.37. The van der Waals surface area contributed by atoms with Crippen molar-refractivity contribution in [1.29, 1.82) is 0 Å². The molecule has 1 heterocycles. The molecule has 1 fully saturated rings. The zero-order valence-corrected chi connectivity index (χ0v) is 10.9. The number of hydrogen-bond acceptors (Lipinski definition) is 3. The predicted molar refractivity (Wildman–Crippen MR) is 65.7 cm³/mol. The predicted octanol–water partition coefficient (Wildman–Crippen LogP) is 1.09. The van der Waals surface area contributed by atoms with Crippen LogP contribution in [0.15, 0.2) is 29.2 Å². The van der Waals surface area contributed by atoms with Gasteiger partial charge in [0.05, 0.1) is 11.3 Å². The van der Waals surface area contributed by atoms with Crippen LogP contribution in [0.5, 0.6) is 0 Å². The molecule has 1 aromatic carbocycles. The van der Waals surface area contributed by atoms with Gasteiger partial charge in [-0.25, -0.2) is 8.42 Å². The first kappa shape index (κ1) is 13.0. The molecule has 98 valence electrons. The quantitative estimate of drug-likeness (QED) is 0.888. The van der Waals surface area contributed by atoms with E-state index in [4.69, 9.17) is 5.11 Å². The van der Waals surface area contributed by atoms with Crippen LogP contribution in [0.3, 0.4) is 0 Å². The van der Waals surface area contributed by atoms with Crippen LogP contribution in [0.2, 0.25) is 0 Å². The number of carboxylic acid groups (broad SMARTS) is 1. The van der Waals surface area contributed by atoms with E-state index in [1.54, 1.807) is 18.2 Å². The van der Waals surface area contributed by atoms with Crippen LogP contribution < -0.4 is 0 Å². The average Bonchev–Trinajstić information content (AvgIpc) is 2.22. The maximum Gasteiger partial charge on any atom is 0.303 e. The number of aliphatic carboxylic acids is 1. The standard InChI is InChI=1S/C12H15NO4S/c1-9-3-2-4-11(5-9)18(16,17)13-7-10(8-13)6-12(14)15/h2-5,10H,6-8H2,1H3,(H,14,15). The number of hydrogen-bond donors (Lipinski definition) is 1. The van der Waals surface area contributed by atoms with Crippen LogP contribution in [-0.4, -0.2) is 36.9 Å². The highest BCUT2D eigenvalue weighted by Crippen LogP contribution is 2.27. The van der Waals surface area contributed by atoms with Gasteiger partial charge in [-0.3, -0.25) is 4.79 Å². The summed E-state index contributed by atoms with van der Waals surface area (Å²) in [4.78, 5) is 10.8. The van der Waals surface area contributed by atoms with Crippen molar-refractivity contribution in [3.8, 4) is 0 Å². The van der Waals surface area contributed by atoms with E-state index < -0.39 is 16.0 Å². The second-order valence-electron chi connectivity index (χ2n) is 4.60. The molecular formula is C12H15NO4S. The molecule has 0 atom stereocenters. The van der Waals surface area contributed by atoms with Gasteiger partial charge in [0.15, 0.2) is 0 Å². The summed E-state index contributed by atoms with van der Waals surface area (Å²) in [5.74, 6) is -0.949. The van der Waals surface area contributed by atoms with E-state index in [-0.39, 0.29) is 17.2 Å². The molecule has 1 N–H and O–H groups in total. The lowest BCUT2D eigenvalue weighted by molar-refractivity contribution is -0.139. The molecule has 1 aromatic rings. The van der Waals surface area contributed by atoms with Gasteiger partial charge in [0.1, 0.15) is 0 Å². The zero-order chi connectivity index (χ0) is 13.3. The number of carboxylic acids is 1. The van der Waals surface area contributed by atoms with Crippen molar-refractivity contribution in [1.82, 2.24) is 4.31 Å². The number of benzene rings is 1. The molecule has 0 unspecified atom stereocenters. The highest BCUT2D eigenvalue weighted by molar-refractivity contribution is 7.89. The summed E-state index contributed by atoms with van der Waals surface area (Å²) in [5.41, 5.74) is 0.888. The van der Waals surface area contributed by atoms with E-state index in [1.807, 2.05) is 13.0 Å². The lowest BCUT2D eigenvalue weighted by atomic mass is 10.00. The summed E-state index contributed by atoms with van der Waals surface area (Å²) in [6.07, 6.45) is 0.0276. The van der Waals surface area contributed by atoms with Gasteiger partial charge in [-0.15, -0.1) is 0 Å². The monoisotopic (exact) mass is 269 g/mol. The molecule has 0 aromatic heterocycles. The van der Waals surface area contributed by atoms with Crippen LogP contribution in [0.1, 0.15) is 12.0 Å². The first-order valence-corrected chi connectivity index (χ1v) is 7.12. The Morgan fingerprint density at radius 1 is 1.44 bits per heavy atom. The third-order valence-corrected chi connectivity index (χ3v) is 4.84. The van der Waals surface area contributed by atoms with E-state index in [1.165, 1.54) is 4.31 Å². The Morgan fingerprint density at radius 3 is 2.67 bits per heavy atom. The molecule has 2 rings (SSSR count). The SMILES string of the molecule is Cc1cccc(S(=O)(=O)N2CC(CC(=O)O)C2)c1. The number of aryl methyl sites for hydroxylation is 1. The fourth-order valence-electron chi connectivity index (χ4n) is 2.02. The van der Waals surface area contributed by atoms with E-state index in [0.29, 0.717) is 13.1 Å². The summed E-state index contributed by atoms with van der Waals surface area (Å²) in [7, 11) is -3.45. The van der Waals surface area contributed by atoms with Crippen molar-refractivity contribution in [2.24, 2.45) is 5.92 Å². The van der Waals surface area contributed by atoms with E-state index in [0.717, 1.165) is 5.56 Å². The summed E-state index contributed by atoms with van der Waals surface area (Å²) >= 11 is 0. The van der Waals surface area contributed by atoms with Gasteiger partial charge >= 0.3 is 5.97 Å². The Bertz CT molecular complexity index is 561. The van der Waals surface area contributed by atoms with Gasteiger partial charge in [0, 0.05) is 13.1 Å². The molecule has 0 saturated carbocycles. The molecular weight excluding hydrogens is 254 g/mol. The Balaban J connectivity index is 2.08. The average molecular weight is 269 g/mol. The van der Waals surface area contributed by atoms with Gasteiger partial charge in [-0.1, -0.05) is 12.1 Å². The molecule has 1 saturated heterocycles. The minimum Gasteiger partial charge on any atom is -0.481 e. The highest BCUT2D eigenvalue weighted by atomic mass is 32.2. The Labute approximate surface area is 106 Å². The second-order valence-corrected chi connectivity index (χ2v) is 6.54. The molecule has 0 spiro atoms. The molecule has 18 heavy (non-hydrogen) atoms. The minimum atomic E-state index is -3.45. The summed E-state index contributed by atoms with van der Waals surface area (Å²) in [6, 6.07) is 6.73. The molecule has 6 heteroatoms. The highest BCUT2D eigenvalue weighted by Gasteiger charge is 2.37. The summed E-state index contributed by atoms with van der Waals surface area (Å²) in [6.45, 7) is 2.42. The van der Waals surface area contributed by atoms with Gasteiger partial charge < -0.3 is 5.11 Å². The van der Waals surface area contributed by atoms with Crippen molar-refractivity contribution in [2.75, 3.05) is 13.1 Å². The first-order valence-electron chi connectivity index (χ1n) is 5.68. The number of nitrogens with zero attached hydrogens (tertiary/aromatic N) is 1. The van der Waals surface area contributed by atoms with Crippen LogP contribution in [0, 0.1) is 12.8 Å². The Kier molecular flexibility index (Phi) is 3.41. The van der Waals surface area contributed by atoms with E-state index in [9.17, 15) is 13.2 Å². The Hall–Kier alpha value is -1.40. The van der Waals surface area contributed by atoms with Crippen LogP contribution >= 0.6 is 0 Å². The molecule has 0 amide bonds. The van der Waals surface area contributed by atoms with Crippen molar-refractivity contribution < 1.29 is 18.3 Å². The van der Waals surface area contributed by atoms with Crippen LogP contribution in [-0.2, 0) is 14.8 Å². The lowest BCUT2D eigenvalue weighted by Crippen LogP contribution is -2.50. The molecule has 5 nitrogen and oxygen atoms in total. The van der Waals surface area contributed by atoms with Crippen molar-refractivity contribution in [3.63, 3.8) is 0 Å². The molecule has 1 aliphatic heterocycles. The Morgan fingerprint density at radius 2 is 2.11 bits per heavy atom. The maximum absolute atomic E-state index is 12.2. The summed E-state index contributed by atoms with van der Waals surface area (Å²) in [5, 5.41) is 8.62. The molecule has 1 aliphatic rings.